The van der Waals surface area contributed by atoms with E-state index in [9.17, 15) is 4.79 Å². The lowest BCUT2D eigenvalue weighted by Crippen LogP contribution is -2.44. The molecule has 1 rings (SSSR count). The first kappa shape index (κ1) is 23.5. The largest absolute Gasteiger partial charge is 0.356 e. The van der Waals surface area contributed by atoms with Gasteiger partial charge in [-0.1, -0.05) is 6.07 Å². The van der Waals surface area contributed by atoms with Crippen LogP contribution in [0.3, 0.4) is 0 Å². The molecule has 0 saturated carbocycles. The van der Waals surface area contributed by atoms with Gasteiger partial charge in [0.2, 0.25) is 5.91 Å². The zero-order valence-electron chi connectivity index (χ0n) is 15.1. The first-order chi connectivity index (χ1) is 10.8. The Morgan fingerprint density at radius 2 is 2.08 bits per heavy atom. The van der Waals surface area contributed by atoms with Gasteiger partial charge in [0.05, 0.1) is 0 Å². The number of thiophene rings is 1. The molecule has 0 spiro atoms. The van der Waals surface area contributed by atoms with E-state index in [1.54, 1.807) is 42.1 Å². The number of amides is 1. The van der Waals surface area contributed by atoms with Gasteiger partial charge >= 0.3 is 0 Å². The molecule has 2 N–H and O–H groups in total. The molecule has 0 aliphatic heterocycles. The van der Waals surface area contributed by atoms with E-state index >= 15 is 0 Å². The summed E-state index contributed by atoms with van der Waals surface area (Å²) < 4.78 is 0.113. The Labute approximate surface area is 171 Å². The summed E-state index contributed by atoms with van der Waals surface area (Å²) in [5, 5.41) is 8.73. The van der Waals surface area contributed by atoms with Gasteiger partial charge in [-0.15, -0.1) is 35.3 Å². The van der Waals surface area contributed by atoms with Crippen LogP contribution in [0.25, 0.3) is 0 Å². The third kappa shape index (κ3) is 9.73. The number of carbonyl (C=O) groups excluding carboxylic acids is 1. The van der Waals surface area contributed by atoms with Crippen molar-refractivity contribution >= 4 is 58.9 Å². The monoisotopic (exact) mass is 484 g/mol. The van der Waals surface area contributed by atoms with E-state index in [0.717, 1.165) is 19.5 Å². The van der Waals surface area contributed by atoms with E-state index in [-0.39, 0.29) is 41.2 Å². The molecule has 0 bridgehead atoms. The Morgan fingerprint density at radius 1 is 1.38 bits per heavy atom. The second kappa shape index (κ2) is 12.0. The van der Waals surface area contributed by atoms with Gasteiger partial charge in [0.15, 0.2) is 5.96 Å². The quantitative estimate of drug-likeness (QED) is 0.339. The average Bonchev–Trinajstić information content (AvgIpc) is 3.02. The minimum Gasteiger partial charge on any atom is -0.356 e. The van der Waals surface area contributed by atoms with Crippen LogP contribution in [0.1, 0.15) is 18.7 Å². The number of thioether (sulfide) groups is 1. The Kier molecular flexibility index (Phi) is 11.7. The molecule has 8 heteroatoms. The fraction of sp³-hybridized carbons (Fsp3) is 0.625. The average molecular weight is 484 g/mol. The number of aliphatic imine (C=N–C) groups is 1. The lowest BCUT2D eigenvalue weighted by Gasteiger charge is -2.24. The fourth-order valence-electron chi connectivity index (χ4n) is 1.59. The van der Waals surface area contributed by atoms with Gasteiger partial charge in [0, 0.05) is 36.8 Å². The summed E-state index contributed by atoms with van der Waals surface area (Å²) in [5.74, 6) is 0.687. The van der Waals surface area contributed by atoms with Gasteiger partial charge in [-0.25, -0.2) is 4.99 Å². The normalized spacial score (nSPS) is 11.6. The SMILES string of the molecule is CSC(C)(C)CNC(=NCC(=O)N(C)C)NCCc1cccs1.I. The Balaban J connectivity index is 0.00000529. The molecule has 0 radical (unpaired) electrons. The van der Waals surface area contributed by atoms with Crippen LogP contribution in [0.5, 0.6) is 0 Å². The number of nitrogens with zero attached hydrogens (tertiary/aromatic N) is 2. The molecular weight excluding hydrogens is 455 g/mol. The van der Waals surface area contributed by atoms with Crippen LogP contribution in [0.2, 0.25) is 0 Å². The van der Waals surface area contributed by atoms with Gasteiger partial charge in [-0.3, -0.25) is 4.79 Å². The van der Waals surface area contributed by atoms with Crippen LogP contribution in [-0.4, -0.2) is 61.5 Å². The second-order valence-electron chi connectivity index (χ2n) is 6.03. The van der Waals surface area contributed by atoms with Crippen molar-refractivity contribution in [3.63, 3.8) is 0 Å². The summed E-state index contributed by atoms with van der Waals surface area (Å²) in [6.07, 6.45) is 3.05. The van der Waals surface area contributed by atoms with E-state index in [1.807, 2.05) is 0 Å². The van der Waals surface area contributed by atoms with Gasteiger partial charge < -0.3 is 15.5 Å². The van der Waals surface area contributed by atoms with Crippen molar-refractivity contribution in [2.75, 3.05) is 40.0 Å². The lowest BCUT2D eigenvalue weighted by atomic mass is 10.2. The Morgan fingerprint density at radius 3 is 2.62 bits per heavy atom. The lowest BCUT2D eigenvalue weighted by molar-refractivity contribution is -0.127. The van der Waals surface area contributed by atoms with Crippen molar-refractivity contribution in [2.45, 2.75) is 25.0 Å². The Bertz CT molecular complexity index is 504. The number of rotatable bonds is 8. The number of guanidine groups is 1. The van der Waals surface area contributed by atoms with Crippen molar-refractivity contribution in [1.29, 1.82) is 0 Å². The maximum Gasteiger partial charge on any atom is 0.243 e. The van der Waals surface area contributed by atoms with Gasteiger partial charge in [-0.05, 0) is 38.0 Å². The number of hydrogen-bond acceptors (Lipinski definition) is 4. The predicted octanol–water partition coefficient (Wildman–Crippen LogP) is 2.67. The molecule has 0 aliphatic carbocycles. The second-order valence-corrected chi connectivity index (χ2v) is 8.57. The zero-order chi connectivity index (χ0) is 17.3. The predicted molar refractivity (Wildman–Crippen MR) is 118 cm³/mol. The van der Waals surface area contributed by atoms with Crippen LogP contribution in [0.15, 0.2) is 22.5 Å². The van der Waals surface area contributed by atoms with Gasteiger partial charge in [-0.2, -0.15) is 11.8 Å². The van der Waals surface area contributed by atoms with Crippen LogP contribution in [0, 0.1) is 0 Å². The molecule has 0 aromatic carbocycles. The summed E-state index contributed by atoms with van der Waals surface area (Å²) in [5.41, 5.74) is 0. The van der Waals surface area contributed by atoms with E-state index in [2.05, 4.69) is 53.2 Å². The number of nitrogens with one attached hydrogen (secondary N) is 2. The van der Waals surface area contributed by atoms with E-state index in [1.165, 1.54) is 4.88 Å². The summed E-state index contributed by atoms with van der Waals surface area (Å²) in [7, 11) is 3.48. The zero-order valence-corrected chi connectivity index (χ0v) is 19.1. The molecule has 1 heterocycles. The molecule has 0 aliphatic rings. The van der Waals surface area contributed by atoms with E-state index < -0.39 is 0 Å². The van der Waals surface area contributed by atoms with Crippen molar-refractivity contribution in [1.82, 2.24) is 15.5 Å². The third-order valence-corrected chi connectivity index (χ3v) is 5.54. The smallest absolute Gasteiger partial charge is 0.243 e. The summed E-state index contributed by atoms with van der Waals surface area (Å²) in [4.78, 5) is 19.0. The van der Waals surface area contributed by atoms with Crippen molar-refractivity contribution in [3.8, 4) is 0 Å². The van der Waals surface area contributed by atoms with E-state index in [4.69, 9.17) is 0 Å². The molecule has 0 unspecified atom stereocenters. The summed E-state index contributed by atoms with van der Waals surface area (Å²) >= 11 is 3.56. The number of carbonyl (C=O) groups is 1. The molecule has 0 atom stereocenters. The Hall–Kier alpha value is -0.480. The van der Waals surface area contributed by atoms with Crippen LogP contribution >= 0.6 is 47.1 Å². The van der Waals surface area contributed by atoms with Crippen molar-refractivity contribution in [3.05, 3.63) is 22.4 Å². The first-order valence-corrected chi connectivity index (χ1v) is 9.74. The van der Waals surface area contributed by atoms with Crippen LogP contribution in [0.4, 0.5) is 0 Å². The maximum absolute atomic E-state index is 11.7. The molecule has 24 heavy (non-hydrogen) atoms. The van der Waals surface area contributed by atoms with Gasteiger partial charge in [0.25, 0.3) is 0 Å². The van der Waals surface area contributed by atoms with E-state index in [0.29, 0.717) is 5.96 Å². The maximum atomic E-state index is 11.7. The molecular formula is C16H29IN4OS2. The van der Waals surface area contributed by atoms with Gasteiger partial charge in [0.1, 0.15) is 6.54 Å². The highest BCUT2D eigenvalue weighted by atomic mass is 127. The molecule has 5 nitrogen and oxygen atoms in total. The van der Waals surface area contributed by atoms with Crippen molar-refractivity contribution in [2.24, 2.45) is 4.99 Å². The fourth-order valence-corrected chi connectivity index (χ4v) is 2.52. The van der Waals surface area contributed by atoms with Crippen molar-refractivity contribution < 1.29 is 4.79 Å². The van der Waals surface area contributed by atoms with Crippen LogP contribution in [-0.2, 0) is 11.2 Å². The topological polar surface area (TPSA) is 56.7 Å². The summed E-state index contributed by atoms with van der Waals surface area (Å²) in [6.45, 7) is 6.09. The number of hydrogen-bond donors (Lipinski definition) is 2. The molecule has 1 amide bonds. The number of halogens is 1. The third-order valence-electron chi connectivity index (χ3n) is 3.35. The molecule has 0 saturated heterocycles. The minimum absolute atomic E-state index is 0. The highest BCUT2D eigenvalue weighted by molar-refractivity contribution is 14.0. The van der Waals surface area contributed by atoms with Crippen LogP contribution < -0.4 is 10.6 Å². The molecule has 1 aromatic rings. The minimum atomic E-state index is -0.00603. The molecule has 0 fully saturated rings. The highest BCUT2D eigenvalue weighted by Gasteiger charge is 2.16. The molecule has 138 valence electrons. The standard InChI is InChI=1S/C16H28N4OS2.HI/c1-16(2,22-5)12-19-15(18-11-14(21)20(3)4)17-9-8-13-7-6-10-23-13;/h6-7,10H,8-9,11-12H2,1-5H3,(H2,17,18,19);1H. The highest BCUT2D eigenvalue weighted by Crippen LogP contribution is 2.19. The summed E-state index contributed by atoms with van der Waals surface area (Å²) in [6, 6.07) is 4.19. The molecule has 1 aromatic heterocycles. The number of likely N-dealkylation sites (N-methyl/N-ethyl adjacent to an activating group) is 1. The first-order valence-electron chi connectivity index (χ1n) is 7.64.